The van der Waals surface area contributed by atoms with Crippen molar-refractivity contribution >= 4 is 21.9 Å². The smallest absolute Gasteiger partial charge is 0.335 e. The summed E-state index contributed by atoms with van der Waals surface area (Å²) in [4.78, 5) is 10.9. The van der Waals surface area contributed by atoms with Crippen molar-refractivity contribution in [3.63, 3.8) is 0 Å². The van der Waals surface area contributed by atoms with Gasteiger partial charge in [0.25, 0.3) is 0 Å². The number of aryl methyl sites for hydroxylation is 1. The van der Waals surface area contributed by atoms with Gasteiger partial charge in [0, 0.05) is 4.47 Å². The zero-order valence-corrected chi connectivity index (χ0v) is 13.1. The molecule has 0 unspecified atom stereocenters. The first-order valence-electron chi connectivity index (χ1n) is 6.41. The Labute approximate surface area is 131 Å². The van der Waals surface area contributed by atoms with E-state index >= 15 is 0 Å². The standard InChI is InChI=1S/C16H15BrO4/c1-11-10-14(6-7-15(11)16(18)19)21-9-8-20-13-4-2-12(17)3-5-13/h2-7,10H,8-9H2,1H3,(H,18,19). The van der Waals surface area contributed by atoms with Crippen LogP contribution in [-0.2, 0) is 0 Å². The quantitative estimate of drug-likeness (QED) is 0.802. The highest BCUT2D eigenvalue weighted by atomic mass is 79.9. The molecule has 0 aliphatic heterocycles. The number of hydrogen-bond donors (Lipinski definition) is 1. The summed E-state index contributed by atoms with van der Waals surface area (Å²) >= 11 is 3.36. The number of carbonyl (C=O) groups is 1. The summed E-state index contributed by atoms with van der Waals surface area (Å²) in [6, 6.07) is 12.5. The molecule has 0 heterocycles. The van der Waals surface area contributed by atoms with Gasteiger partial charge in [0.1, 0.15) is 24.7 Å². The molecule has 0 aliphatic rings. The van der Waals surface area contributed by atoms with Gasteiger partial charge in [-0.15, -0.1) is 0 Å². The van der Waals surface area contributed by atoms with Crippen molar-refractivity contribution in [3.8, 4) is 11.5 Å². The highest BCUT2D eigenvalue weighted by Gasteiger charge is 2.07. The minimum Gasteiger partial charge on any atom is -0.490 e. The Balaban J connectivity index is 1.82. The largest absolute Gasteiger partial charge is 0.490 e. The molecule has 21 heavy (non-hydrogen) atoms. The van der Waals surface area contributed by atoms with Gasteiger partial charge in [-0.25, -0.2) is 4.79 Å². The first-order valence-corrected chi connectivity index (χ1v) is 7.20. The number of carboxylic acids is 1. The second-order valence-corrected chi connectivity index (χ2v) is 5.35. The van der Waals surface area contributed by atoms with Gasteiger partial charge in [0.2, 0.25) is 0 Å². The van der Waals surface area contributed by atoms with Crippen LogP contribution in [0.4, 0.5) is 0 Å². The zero-order chi connectivity index (χ0) is 15.2. The number of benzene rings is 2. The molecule has 2 aromatic carbocycles. The van der Waals surface area contributed by atoms with E-state index in [1.165, 1.54) is 0 Å². The molecule has 0 aromatic heterocycles. The van der Waals surface area contributed by atoms with Gasteiger partial charge >= 0.3 is 5.97 Å². The third-order valence-electron chi connectivity index (χ3n) is 2.86. The highest BCUT2D eigenvalue weighted by Crippen LogP contribution is 2.18. The summed E-state index contributed by atoms with van der Waals surface area (Å²) in [7, 11) is 0. The van der Waals surface area contributed by atoms with Gasteiger partial charge in [-0.05, 0) is 55.0 Å². The van der Waals surface area contributed by atoms with E-state index in [9.17, 15) is 4.79 Å². The highest BCUT2D eigenvalue weighted by molar-refractivity contribution is 9.10. The maximum absolute atomic E-state index is 10.9. The number of aromatic carboxylic acids is 1. The molecule has 0 saturated heterocycles. The maximum atomic E-state index is 10.9. The molecule has 5 heteroatoms. The van der Waals surface area contributed by atoms with Crippen molar-refractivity contribution in [3.05, 3.63) is 58.1 Å². The first-order chi connectivity index (χ1) is 10.1. The van der Waals surface area contributed by atoms with E-state index in [0.29, 0.717) is 24.5 Å². The van der Waals surface area contributed by atoms with E-state index in [-0.39, 0.29) is 5.56 Å². The number of rotatable bonds is 6. The van der Waals surface area contributed by atoms with Crippen LogP contribution in [0, 0.1) is 6.92 Å². The average molecular weight is 351 g/mol. The van der Waals surface area contributed by atoms with Crippen molar-refractivity contribution < 1.29 is 19.4 Å². The Kier molecular flexibility index (Phi) is 5.22. The molecule has 0 fully saturated rings. The predicted octanol–water partition coefficient (Wildman–Crippen LogP) is 3.91. The Morgan fingerprint density at radius 3 is 2.19 bits per heavy atom. The lowest BCUT2D eigenvalue weighted by Crippen LogP contribution is -2.09. The molecule has 0 aliphatic carbocycles. The average Bonchev–Trinajstić information content (AvgIpc) is 2.45. The molecule has 110 valence electrons. The van der Waals surface area contributed by atoms with Crippen LogP contribution in [0.3, 0.4) is 0 Å². The van der Waals surface area contributed by atoms with Crippen molar-refractivity contribution in [2.24, 2.45) is 0 Å². The lowest BCUT2D eigenvalue weighted by Gasteiger charge is -2.10. The summed E-state index contributed by atoms with van der Waals surface area (Å²) < 4.78 is 12.1. The van der Waals surface area contributed by atoms with Crippen LogP contribution in [0.1, 0.15) is 15.9 Å². The molecule has 0 radical (unpaired) electrons. The molecule has 4 nitrogen and oxygen atoms in total. The fourth-order valence-corrected chi connectivity index (χ4v) is 2.08. The SMILES string of the molecule is Cc1cc(OCCOc2ccc(Br)cc2)ccc1C(=O)O. The topological polar surface area (TPSA) is 55.8 Å². The molecule has 0 atom stereocenters. The molecule has 0 spiro atoms. The van der Waals surface area contributed by atoms with Crippen LogP contribution in [-0.4, -0.2) is 24.3 Å². The van der Waals surface area contributed by atoms with Crippen molar-refractivity contribution in [2.45, 2.75) is 6.92 Å². The van der Waals surface area contributed by atoms with Gasteiger partial charge in [0.15, 0.2) is 0 Å². The third kappa shape index (κ3) is 4.49. The maximum Gasteiger partial charge on any atom is 0.335 e. The van der Waals surface area contributed by atoms with Gasteiger partial charge in [-0.3, -0.25) is 0 Å². The Morgan fingerprint density at radius 1 is 1.05 bits per heavy atom. The van der Waals surface area contributed by atoms with Crippen LogP contribution in [0.15, 0.2) is 46.9 Å². The monoisotopic (exact) mass is 350 g/mol. The summed E-state index contributed by atoms with van der Waals surface area (Å²) in [5, 5.41) is 8.95. The second-order valence-electron chi connectivity index (χ2n) is 4.43. The van der Waals surface area contributed by atoms with E-state index in [1.54, 1.807) is 25.1 Å². The fraction of sp³-hybridized carbons (Fsp3) is 0.188. The molecule has 0 bridgehead atoms. The lowest BCUT2D eigenvalue weighted by molar-refractivity contribution is 0.0696. The van der Waals surface area contributed by atoms with E-state index in [0.717, 1.165) is 10.2 Å². The van der Waals surface area contributed by atoms with E-state index in [2.05, 4.69) is 15.9 Å². The minimum atomic E-state index is -0.933. The van der Waals surface area contributed by atoms with Crippen LogP contribution in [0.2, 0.25) is 0 Å². The lowest BCUT2D eigenvalue weighted by atomic mass is 10.1. The van der Waals surface area contributed by atoms with Crippen LogP contribution < -0.4 is 9.47 Å². The number of ether oxygens (including phenoxy) is 2. The van der Waals surface area contributed by atoms with E-state index < -0.39 is 5.97 Å². The summed E-state index contributed by atoms with van der Waals surface area (Å²) in [6.45, 7) is 2.55. The van der Waals surface area contributed by atoms with Crippen molar-refractivity contribution in [1.29, 1.82) is 0 Å². The summed E-state index contributed by atoms with van der Waals surface area (Å²) in [6.07, 6.45) is 0. The number of hydrogen-bond acceptors (Lipinski definition) is 3. The predicted molar refractivity (Wildman–Crippen MR) is 83.3 cm³/mol. The molecule has 0 amide bonds. The Morgan fingerprint density at radius 2 is 1.62 bits per heavy atom. The third-order valence-corrected chi connectivity index (χ3v) is 3.39. The summed E-state index contributed by atoms with van der Waals surface area (Å²) in [5.41, 5.74) is 0.960. The molecule has 0 saturated carbocycles. The molecular weight excluding hydrogens is 336 g/mol. The normalized spacial score (nSPS) is 10.2. The van der Waals surface area contributed by atoms with Gasteiger partial charge in [0.05, 0.1) is 5.56 Å². The van der Waals surface area contributed by atoms with Crippen molar-refractivity contribution in [2.75, 3.05) is 13.2 Å². The first kappa shape index (κ1) is 15.4. The number of carboxylic acid groups (broad SMARTS) is 1. The van der Waals surface area contributed by atoms with Crippen molar-refractivity contribution in [1.82, 2.24) is 0 Å². The molecule has 1 N–H and O–H groups in total. The van der Waals surface area contributed by atoms with Crippen LogP contribution >= 0.6 is 15.9 Å². The number of halogens is 1. The second kappa shape index (κ2) is 7.13. The Bertz CT molecular complexity index is 623. The fourth-order valence-electron chi connectivity index (χ4n) is 1.82. The molecule has 2 rings (SSSR count). The zero-order valence-electron chi connectivity index (χ0n) is 11.5. The van der Waals surface area contributed by atoms with E-state index in [1.807, 2.05) is 24.3 Å². The summed E-state index contributed by atoms with van der Waals surface area (Å²) in [5.74, 6) is 0.480. The van der Waals surface area contributed by atoms with Crippen LogP contribution in [0.5, 0.6) is 11.5 Å². The molecule has 2 aromatic rings. The van der Waals surface area contributed by atoms with Gasteiger partial charge in [-0.1, -0.05) is 15.9 Å². The molecular formula is C16H15BrO4. The van der Waals surface area contributed by atoms with Gasteiger partial charge in [-0.2, -0.15) is 0 Å². The Hall–Kier alpha value is -2.01. The van der Waals surface area contributed by atoms with Crippen LogP contribution in [0.25, 0.3) is 0 Å². The van der Waals surface area contributed by atoms with E-state index in [4.69, 9.17) is 14.6 Å². The van der Waals surface area contributed by atoms with Gasteiger partial charge < -0.3 is 14.6 Å². The minimum absolute atomic E-state index is 0.286.